The molecule has 0 aliphatic heterocycles. The molecule has 10 heteroatoms. The van der Waals surface area contributed by atoms with Gasteiger partial charge in [0.25, 0.3) is 5.56 Å². The summed E-state index contributed by atoms with van der Waals surface area (Å²) in [7, 11) is 1.51. The zero-order chi connectivity index (χ0) is 22.0. The summed E-state index contributed by atoms with van der Waals surface area (Å²) in [6, 6.07) is 12.6. The molecular formula is C21H18ClN5O3S. The van der Waals surface area contributed by atoms with Crippen LogP contribution in [-0.4, -0.2) is 38.5 Å². The molecule has 4 rings (SSSR count). The molecule has 2 N–H and O–H groups in total. The SMILES string of the molecule is COc1ccc(Cl)cc1NC(=O)CSc1nc2c(cnn2-c2ccccc2C)c(=O)[nH]1. The number of amides is 1. The fraction of sp³-hybridized carbons (Fsp3) is 0.143. The van der Waals surface area contributed by atoms with E-state index < -0.39 is 0 Å². The molecule has 2 heterocycles. The van der Waals surface area contributed by atoms with E-state index in [1.807, 2.05) is 31.2 Å². The number of aromatic nitrogens is 4. The van der Waals surface area contributed by atoms with Gasteiger partial charge in [0.15, 0.2) is 10.8 Å². The number of rotatable bonds is 6. The van der Waals surface area contributed by atoms with Crippen molar-refractivity contribution in [1.29, 1.82) is 0 Å². The number of para-hydroxylation sites is 1. The maximum absolute atomic E-state index is 12.5. The summed E-state index contributed by atoms with van der Waals surface area (Å²) in [5.74, 6) is 0.237. The lowest BCUT2D eigenvalue weighted by atomic mass is 10.2. The van der Waals surface area contributed by atoms with Crippen LogP contribution in [0.25, 0.3) is 16.7 Å². The highest BCUT2D eigenvalue weighted by Crippen LogP contribution is 2.28. The van der Waals surface area contributed by atoms with Crippen molar-refractivity contribution in [2.24, 2.45) is 0 Å². The van der Waals surface area contributed by atoms with E-state index in [0.717, 1.165) is 23.0 Å². The van der Waals surface area contributed by atoms with E-state index >= 15 is 0 Å². The number of aromatic amines is 1. The average molecular weight is 456 g/mol. The number of ether oxygens (including phenoxy) is 1. The van der Waals surface area contributed by atoms with Gasteiger partial charge in [0, 0.05) is 5.02 Å². The Morgan fingerprint density at radius 1 is 1.29 bits per heavy atom. The van der Waals surface area contributed by atoms with Crippen molar-refractivity contribution in [2.75, 3.05) is 18.2 Å². The number of nitrogens with zero attached hydrogens (tertiary/aromatic N) is 3. The summed E-state index contributed by atoms with van der Waals surface area (Å²) < 4.78 is 6.86. The lowest BCUT2D eigenvalue weighted by Gasteiger charge is -2.10. The number of carbonyl (C=O) groups is 1. The zero-order valence-corrected chi connectivity index (χ0v) is 18.3. The van der Waals surface area contributed by atoms with Gasteiger partial charge in [-0.05, 0) is 36.8 Å². The standard InChI is InChI=1S/C21H18ClN5O3S/c1-12-5-3-4-6-16(12)27-19-14(10-23-27)20(29)26-21(25-19)31-11-18(28)24-15-9-13(22)7-8-17(15)30-2/h3-10H,11H2,1-2H3,(H,24,28)(H,25,26,29). The van der Waals surface area contributed by atoms with Crippen LogP contribution in [0, 0.1) is 6.92 Å². The van der Waals surface area contributed by atoms with Crippen LogP contribution in [0.4, 0.5) is 5.69 Å². The van der Waals surface area contributed by atoms with Gasteiger partial charge >= 0.3 is 0 Å². The van der Waals surface area contributed by atoms with E-state index in [0.29, 0.717) is 32.6 Å². The molecule has 0 saturated heterocycles. The second-order valence-corrected chi connectivity index (χ2v) is 8.03. The molecule has 31 heavy (non-hydrogen) atoms. The Balaban J connectivity index is 1.56. The maximum atomic E-state index is 12.5. The van der Waals surface area contributed by atoms with Crippen molar-refractivity contribution in [3.63, 3.8) is 0 Å². The van der Waals surface area contributed by atoms with Crippen molar-refractivity contribution in [1.82, 2.24) is 19.7 Å². The van der Waals surface area contributed by atoms with E-state index in [1.54, 1.807) is 22.9 Å². The van der Waals surface area contributed by atoms with Gasteiger partial charge in [0.1, 0.15) is 11.1 Å². The second-order valence-electron chi connectivity index (χ2n) is 6.63. The van der Waals surface area contributed by atoms with Crippen molar-refractivity contribution in [3.05, 3.63) is 69.6 Å². The van der Waals surface area contributed by atoms with E-state index in [-0.39, 0.29) is 17.2 Å². The van der Waals surface area contributed by atoms with Crippen LogP contribution in [0.1, 0.15) is 5.56 Å². The number of carbonyl (C=O) groups excluding carboxylic acids is 1. The number of fused-ring (bicyclic) bond motifs is 1. The third kappa shape index (κ3) is 4.42. The minimum atomic E-state index is -0.316. The number of anilines is 1. The van der Waals surface area contributed by atoms with E-state index in [9.17, 15) is 9.59 Å². The number of nitrogens with one attached hydrogen (secondary N) is 2. The lowest BCUT2D eigenvalue weighted by molar-refractivity contribution is -0.113. The zero-order valence-electron chi connectivity index (χ0n) is 16.7. The van der Waals surface area contributed by atoms with Crippen LogP contribution in [0.3, 0.4) is 0 Å². The number of halogens is 1. The van der Waals surface area contributed by atoms with Crippen LogP contribution < -0.4 is 15.6 Å². The Labute approximate surface area is 186 Å². The number of thioether (sulfide) groups is 1. The Bertz CT molecular complexity index is 1330. The number of methoxy groups -OCH3 is 1. The lowest BCUT2D eigenvalue weighted by Crippen LogP contribution is -2.16. The molecule has 0 unspecified atom stereocenters. The highest BCUT2D eigenvalue weighted by atomic mass is 35.5. The molecule has 0 saturated carbocycles. The van der Waals surface area contributed by atoms with Crippen molar-refractivity contribution in [3.8, 4) is 11.4 Å². The molecular weight excluding hydrogens is 438 g/mol. The van der Waals surface area contributed by atoms with E-state index in [2.05, 4.69) is 20.4 Å². The van der Waals surface area contributed by atoms with E-state index in [4.69, 9.17) is 16.3 Å². The molecule has 2 aromatic carbocycles. The fourth-order valence-corrected chi connectivity index (χ4v) is 3.87. The summed E-state index contributed by atoms with van der Waals surface area (Å²) in [5, 5.41) is 8.26. The van der Waals surface area contributed by atoms with E-state index in [1.165, 1.54) is 13.3 Å². The van der Waals surface area contributed by atoms with Gasteiger partial charge < -0.3 is 15.0 Å². The van der Waals surface area contributed by atoms with Gasteiger partial charge in [0.05, 0.1) is 30.4 Å². The van der Waals surface area contributed by atoms with Crippen LogP contribution in [0.15, 0.2) is 58.6 Å². The minimum absolute atomic E-state index is 0.0304. The molecule has 8 nitrogen and oxygen atoms in total. The van der Waals surface area contributed by atoms with Gasteiger partial charge in [-0.3, -0.25) is 9.59 Å². The molecule has 0 atom stereocenters. The van der Waals surface area contributed by atoms with Crippen LogP contribution in [0.5, 0.6) is 5.75 Å². The summed E-state index contributed by atoms with van der Waals surface area (Å²) in [4.78, 5) is 32.1. The third-order valence-electron chi connectivity index (χ3n) is 4.54. The molecule has 2 aromatic heterocycles. The first-order chi connectivity index (χ1) is 15.0. The Kier molecular flexibility index (Phi) is 5.97. The first kappa shape index (κ1) is 21.0. The largest absolute Gasteiger partial charge is 0.495 e. The second kappa shape index (κ2) is 8.83. The number of aryl methyl sites for hydroxylation is 1. The summed E-state index contributed by atoms with van der Waals surface area (Å²) >= 11 is 7.11. The Morgan fingerprint density at radius 2 is 2.10 bits per heavy atom. The van der Waals surface area contributed by atoms with Crippen molar-refractivity contribution < 1.29 is 9.53 Å². The maximum Gasteiger partial charge on any atom is 0.262 e. The molecule has 0 radical (unpaired) electrons. The van der Waals surface area contributed by atoms with Crippen molar-refractivity contribution in [2.45, 2.75) is 12.1 Å². The summed E-state index contributed by atoms with van der Waals surface area (Å²) in [5.41, 5.74) is 2.41. The molecule has 4 aromatic rings. The molecule has 0 bridgehead atoms. The molecule has 0 aliphatic rings. The van der Waals surface area contributed by atoms with Crippen LogP contribution >= 0.6 is 23.4 Å². The molecule has 158 valence electrons. The highest BCUT2D eigenvalue weighted by Gasteiger charge is 2.15. The monoisotopic (exact) mass is 455 g/mol. The van der Waals surface area contributed by atoms with Crippen molar-refractivity contribution >= 4 is 46.0 Å². The van der Waals surface area contributed by atoms with Crippen LogP contribution in [0.2, 0.25) is 5.02 Å². The quantitative estimate of drug-likeness (QED) is 0.338. The molecule has 0 aliphatic carbocycles. The minimum Gasteiger partial charge on any atom is -0.495 e. The average Bonchev–Trinajstić information content (AvgIpc) is 3.17. The first-order valence-corrected chi connectivity index (χ1v) is 10.6. The predicted molar refractivity (Wildman–Crippen MR) is 122 cm³/mol. The molecule has 0 spiro atoms. The molecule has 0 fully saturated rings. The predicted octanol–water partition coefficient (Wildman–Crippen LogP) is 3.81. The Hall–Kier alpha value is -3.30. The fourth-order valence-electron chi connectivity index (χ4n) is 3.04. The normalized spacial score (nSPS) is 10.9. The van der Waals surface area contributed by atoms with Gasteiger partial charge in [-0.2, -0.15) is 5.10 Å². The highest BCUT2D eigenvalue weighted by molar-refractivity contribution is 7.99. The summed E-state index contributed by atoms with van der Waals surface area (Å²) in [6.07, 6.45) is 1.49. The number of benzene rings is 2. The van der Waals surface area contributed by atoms with Gasteiger partial charge in [0.2, 0.25) is 5.91 Å². The number of hydrogen-bond acceptors (Lipinski definition) is 6. The number of hydrogen-bond donors (Lipinski definition) is 2. The van der Waals surface area contributed by atoms with Gasteiger partial charge in [-0.1, -0.05) is 41.6 Å². The topological polar surface area (TPSA) is 102 Å². The Morgan fingerprint density at radius 3 is 2.87 bits per heavy atom. The van der Waals surface area contributed by atoms with Gasteiger partial charge in [-0.15, -0.1) is 0 Å². The van der Waals surface area contributed by atoms with Gasteiger partial charge in [-0.25, -0.2) is 9.67 Å². The first-order valence-electron chi connectivity index (χ1n) is 9.26. The summed E-state index contributed by atoms with van der Waals surface area (Å²) in [6.45, 7) is 1.96. The third-order valence-corrected chi connectivity index (χ3v) is 5.64. The smallest absolute Gasteiger partial charge is 0.262 e. The molecule has 1 amide bonds. The number of H-pyrrole nitrogens is 1. The van der Waals surface area contributed by atoms with Crippen LogP contribution in [-0.2, 0) is 4.79 Å².